The molecule has 1 N–H and O–H groups in total. The van der Waals surface area contributed by atoms with Crippen molar-refractivity contribution in [1.82, 2.24) is 14.7 Å². The van der Waals surface area contributed by atoms with E-state index in [0.717, 1.165) is 25.7 Å². The SMILES string of the molecule is Cn1ccc(NC(=O)C(=O)N2CCCCC2Cc2ccccc2)n1. The summed E-state index contributed by atoms with van der Waals surface area (Å²) >= 11 is 0. The second kappa shape index (κ2) is 7.29. The number of aromatic nitrogens is 2. The van der Waals surface area contributed by atoms with Crippen LogP contribution in [-0.2, 0) is 23.1 Å². The third-order valence-electron chi connectivity index (χ3n) is 4.35. The quantitative estimate of drug-likeness (QED) is 0.877. The van der Waals surface area contributed by atoms with Crippen LogP contribution in [0.2, 0.25) is 0 Å². The molecule has 1 saturated heterocycles. The third-order valence-corrected chi connectivity index (χ3v) is 4.35. The van der Waals surface area contributed by atoms with Gasteiger partial charge in [0.2, 0.25) is 0 Å². The van der Waals surface area contributed by atoms with E-state index in [4.69, 9.17) is 0 Å². The fourth-order valence-electron chi connectivity index (χ4n) is 3.15. The summed E-state index contributed by atoms with van der Waals surface area (Å²) in [6.45, 7) is 0.631. The van der Waals surface area contributed by atoms with Gasteiger partial charge in [-0.25, -0.2) is 0 Å². The number of piperidine rings is 1. The van der Waals surface area contributed by atoms with Crippen LogP contribution in [0.25, 0.3) is 0 Å². The van der Waals surface area contributed by atoms with Gasteiger partial charge in [-0.15, -0.1) is 0 Å². The molecule has 1 aromatic carbocycles. The molecule has 2 heterocycles. The van der Waals surface area contributed by atoms with E-state index in [1.54, 1.807) is 28.9 Å². The summed E-state index contributed by atoms with van der Waals surface area (Å²) in [7, 11) is 1.76. The van der Waals surface area contributed by atoms with E-state index in [-0.39, 0.29) is 6.04 Å². The molecule has 1 fully saturated rings. The van der Waals surface area contributed by atoms with Crippen molar-refractivity contribution in [1.29, 1.82) is 0 Å². The number of nitrogens with one attached hydrogen (secondary N) is 1. The second-order valence-corrected chi connectivity index (χ2v) is 6.17. The van der Waals surface area contributed by atoms with Crippen LogP contribution < -0.4 is 5.32 Å². The largest absolute Gasteiger partial charge is 0.331 e. The molecule has 0 spiro atoms. The maximum absolute atomic E-state index is 12.6. The molecule has 126 valence electrons. The van der Waals surface area contributed by atoms with Crippen LogP contribution in [-0.4, -0.2) is 39.1 Å². The van der Waals surface area contributed by atoms with Crippen molar-refractivity contribution in [2.75, 3.05) is 11.9 Å². The number of carbonyl (C=O) groups is 2. The minimum atomic E-state index is -0.617. The highest BCUT2D eigenvalue weighted by atomic mass is 16.2. The fourth-order valence-corrected chi connectivity index (χ4v) is 3.15. The zero-order valence-electron chi connectivity index (χ0n) is 13.8. The van der Waals surface area contributed by atoms with Crippen molar-refractivity contribution in [3.05, 3.63) is 48.2 Å². The second-order valence-electron chi connectivity index (χ2n) is 6.17. The summed E-state index contributed by atoms with van der Waals surface area (Å²) in [5.74, 6) is -0.692. The highest BCUT2D eigenvalue weighted by Crippen LogP contribution is 2.21. The van der Waals surface area contributed by atoms with Gasteiger partial charge >= 0.3 is 11.8 Å². The third kappa shape index (κ3) is 3.82. The number of nitrogens with zero attached hydrogens (tertiary/aromatic N) is 3. The van der Waals surface area contributed by atoms with Gasteiger partial charge in [-0.2, -0.15) is 5.10 Å². The molecule has 0 aliphatic carbocycles. The smallest absolute Gasteiger partial charge is 0.315 e. The maximum Gasteiger partial charge on any atom is 0.315 e. The van der Waals surface area contributed by atoms with Crippen molar-refractivity contribution in [2.45, 2.75) is 31.7 Å². The summed E-state index contributed by atoms with van der Waals surface area (Å²) in [5.41, 5.74) is 1.19. The van der Waals surface area contributed by atoms with Crippen LogP contribution in [0.5, 0.6) is 0 Å². The molecule has 2 aromatic rings. The first kappa shape index (κ1) is 16.2. The highest BCUT2D eigenvalue weighted by Gasteiger charge is 2.31. The van der Waals surface area contributed by atoms with E-state index in [9.17, 15) is 9.59 Å². The van der Waals surface area contributed by atoms with Crippen molar-refractivity contribution < 1.29 is 9.59 Å². The van der Waals surface area contributed by atoms with Gasteiger partial charge in [0.1, 0.15) is 0 Å². The van der Waals surface area contributed by atoms with E-state index in [2.05, 4.69) is 22.5 Å². The van der Waals surface area contributed by atoms with Crippen LogP contribution in [0.15, 0.2) is 42.6 Å². The molecular formula is C18H22N4O2. The van der Waals surface area contributed by atoms with Crippen molar-refractivity contribution in [2.24, 2.45) is 7.05 Å². The van der Waals surface area contributed by atoms with Gasteiger partial charge in [-0.05, 0) is 31.2 Å². The molecule has 0 saturated carbocycles. The lowest BCUT2D eigenvalue weighted by Crippen LogP contribution is -2.49. The average Bonchev–Trinajstić information content (AvgIpc) is 3.00. The lowest BCUT2D eigenvalue weighted by atomic mass is 9.95. The molecule has 2 amide bonds. The standard InChI is InChI=1S/C18H22N4O2/c1-21-12-10-16(20-21)19-17(23)18(24)22-11-6-5-9-15(22)13-14-7-3-2-4-8-14/h2-4,7-8,10,12,15H,5-6,9,11,13H2,1H3,(H,19,20,23). The van der Waals surface area contributed by atoms with Crippen molar-refractivity contribution >= 4 is 17.6 Å². The summed E-state index contributed by atoms with van der Waals surface area (Å²) in [4.78, 5) is 26.6. The van der Waals surface area contributed by atoms with Gasteiger partial charge < -0.3 is 10.2 Å². The molecule has 1 aliphatic heterocycles. The summed E-state index contributed by atoms with van der Waals surface area (Å²) in [5, 5.41) is 6.66. The predicted molar refractivity (Wildman–Crippen MR) is 91.3 cm³/mol. The average molecular weight is 326 g/mol. The molecular weight excluding hydrogens is 304 g/mol. The molecule has 0 bridgehead atoms. The highest BCUT2D eigenvalue weighted by molar-refractivity contribution is 6.39. The van der Waals surface area contributed by atoms with E-state index < -0.39 is 11.8 Å². The lowest BCUT2D eigenvalue weighted by molar-refractivity contribution is -0.145. The van der Waals surface area contributed by atoms with Gasteiger partial charge in [-0.1, -0.05) is 30.3 Å². The number of anilines is 1. The monoisotopic (exact) mass is 326 g/mol. The topological polar surface area (TPSA) is 67.2 Å². The normalized spacial score (nSPS) is 17.5. The van der Waals surface area contributed by atoms with Crippen LogP contribution in [0.4, 0.5) is 5.82 Å². The number of amides is 2. The summed E-state index contributed by atoms with van der Waals surface area (Å²) < 4.78 is 1.58. The number of rotatable bonds is 3. The lowest BCUT2D eigenvalue weighted by Gasteiger charge is -2.35. The number of hydrogen-bond acceptors (Lipinski definition) is 3. The van der Waals surface area contributed by atoms with Crippen molar-refractivity contribution in [3.8, 4) is 0 Å². The van der Waals surface area contributed by atoms with Crippen LogP contribution in [0, 0.1) is 0 Å². The van der Waals surface area contributed by atoms with Crippen LogP contribution >= 0.6 is 0 Å². The Hall–Kier alpha value is -2.63. The molecule has 1 aromatic heterocycles. The Morgan fingerprint density at radius 3 is 2.71 bits per heavy atom. The molecule has 3 rings (SSSR count). The Balaban J connectivity index is 1.67. The molecule has 6 heteroatoms. The molecule has 1 atom stereocenters. The van der Waals surface area contributed by atoms with Gasteiger partial charge in [0, 0.05) is 31.9 Å². The number of carbonyl (C=O) groups excluding carboxylic acids is 2. The number of aryl methyl sites for hydroxylation is 1. The van der Waals surface area contributed by atoms with Crippen LogP contribution in [0.1, 0.15) is 24.8 Å². The Morgan fingerprint density at radius 1 is 1.21 bits per heavy atom. The Morgan fingerprint density at radius 2 is 2.00 bits per heavy atom. The van der Waals surface area contributed by atoms with E-state index >= 15 is 0 Å². The molecule has 1 aliphatic rings. The van der Waals surface area contributed by atoms with Crippen molar-refractivity contribution in [3.63, 3.8) is 0 Å². The van der Waals surface area contributed by atoms with Gasteiger partial charge in [0.25, 0.3) is 0 Å². The van der Waals surface area contributed by atoms with E-state index in [1.165, 1.54) is 5.56 Å². The molecule has 1 unspecified atom stereocenters. The molecule has 24 heavy (non-hydrogen) atoms. The van der Waals surface area contributed by atoms with Gasteiger partial charge in [0.05, 0.1) is 0 Å². The minimum absolute atomic E-state index is 0.0723. The van der Waals surface area contributed by atoms with E-state index in [1.807, 2.05) is 18.2 Å². The Labute approximate surface area is 141 Å². The Kier molecular flexibility index (Phi) is 4.93. The van der Waals surface area contributed by atoms with Crippen LogP contribution in [0.3, 0.4) is 0 Å². The molecule has 0 radical (unpaired) electrons. The minimum Gasteiger partial charge on any atom is -0.331 e. The van der Waals surface area contributed by atoms with Gasteiger partial charge in [-0.3, -0.25) is 14.3 Å². The molecule has 6 nitrogen and oxygen atoms in total. The first-order valence-electron chi connectivity index (χ1n) is 8.29. The zero-order valence-corrected chi connectivity index (χ0v) is 13.8. The number of likely N-dealkylation sites (tertiary alicyclic amines) is 1. The summed E-state index contributed by atoms with van der Waals surface area (Å²) in [6, 6.07) is 11.8. The maximum atomic E-state index is 12.6. The predicted octanol–water partition coefficient (Wildman–Crippen LogP) is 1.98. The fraction of sp³-hybridized carbons (Fsp3) is 0.389. The number of benzene rings is 1. The Bertz CT molecular complexity index is 711. The summed E-state index contributed by atoms with van der Waals surface area (Å²) in [6.07, 6.45) is 5.46. The first-order valence-corrected chi connectivity index (χ1v) is 8.29. The van der Waals surface area contributed by atoms with E-state index in [0.29, 0.717) is 12.4 Å². The zero-order chi connectivity index (χ0) is 16.9. The first-order chi connectivity index (χ1) is 11.6. The number of hydrogen-bond donors (Lipinski definition) is 1. The van der Waals surface area contributed by atoms with Gasteiger partial charge in [0.15, 0.2) is 5.82 Å².